The van der Waals surface area contributed by atoms with E-state index < -0.39 is 5.97 Å². The number of aliphatic carboxylic acids is 1. The maximum absolute atomic E-state index is 11.0. The number of aryl methyl sites for hydroxylation is 4. The van der Waals surface area contributed by atoms with Crippen molar-refractivity contribution in [2.75, 3.05) is 6.61 Å². The zero-order valence-corrected chi connectivity index (χ0v) is 18.5. The molecule has 0 fully saturated rings. The van der Waals surface area contributed by atoms with Crippen LogP contribution in [-0.4, -0.2) is 22.7 Å². The van der Waals surface area contributed by atoms with Gasteiger partial charge in [0.2, 0.25) is 0 Å². The molecule has 0 aliphatic heterocycles. The quantitative estimate of drug-likeness (QED) is 0.519. The van der Waals surface area contributed by atoms with Crippen LogP contribution in [0.4, 0.5) is 0 Å². The molecule has 1 N–H and O–H groups in total. The molecule has 0 spiro atoms. The number of ether oxygens (including phenoxy) is 1. The minimum Gasteiger partial charge on any atom is -0.493 e. The van der Waals surface area contributed by atoms with Crippen LogP contribution < -0.4 is 4.74 Å². The summed E-state index contributed by atoms with van der Waals surface area (Å²) in [5.74, 6) is 0.256. The largest absolute Gasteiger partial charge is 0.493 e. The second-order valence-corrected chi connectivity index (χ2v) is 9.32. The molecule has 4 rings (SSSR count). The molecule has 1 aliphatic rings. The standard InChI is InChI=1S/C25H27NO3S/c1-15-4-5-20(12-16(15)2)25-26-23(17(3)30-25)10-11-29-21-8-9-22-18(13-21)6-7-19(22)14-24(27)28/h4-5,8-9,12-13,19H,6-7,10-11,14H2,1-3H3,(H,27,28). The number of carboxylic acid groups (broad SMARTS) is 1. The number of benzene rings is 2. The highest BCUT2D eigenvalue weighted by atomic mass is 32.1. The monoisotopic (exact) mass is 421 g/mol. The van der Waals surface area contributed by atoms with Crippen LogP contribution >= 0.6 is 11.3 Å². The Morgan fingerprint density at radius 1 is 1.17 bits per heavy atom. The second kappa shape index (κ2) is 8.60. The van der Waals surface area contributed by atoms with Gasteiger partial charge in [-0.25, -0.2) is 4.98 Å². The van der Waals surface area contributed by atoms with Crippen LogP contribution in [0.15, 0.2) is 36.4 Å². The molecule has 2 aromatic carbocycles. The fourth-order valence-electron chi connectivity index (χ4n) is 4.12. The summed E-state index contributed by atoms with van der Waals surface area (Å²) in [6.45, 7) is 6.96. The van der Waals surface area contributed by atoms with E-state index in [9.17, 15) is 4.79 Å². The van der Waals surface area contributed by atoms with Crippen LogP contribution in [0.2, 0.25) is 0 Å². The average molecular weight is 422 g/mol. The first-order chi connectivity index (χ1) is 14.4. The van der Waals surface area contributed by atoms with E-state index in [1.165, 1.54) is 27.1 Å². The Hall–Kier alpha value is -2.66. The summed E-state index contributed by atoms with van der Waals surface area (Å²) in [5.41, 5.74) is 7.24. The van der Waals surface area contributed by atoms with E-state index in [-0.39, 0.29) is 12.3 Å². The fraction of sp³-hybridized carbons (Fsp3) is 0.360. The van der Waals surface area contributed by atoms with Crippen molar-refractivity contribution in [3.05, 3.63) is 69.2 Å². The van der Waals surface area contributed by atoms with Crippen molar-refractivity contribution < 1.29 is 14.6 Å². The van der Waals surface area contributed by atoms with Crippen molar-refractivity contribution in [2.24, 2.45) is 0 Å². The van der Waals surface area contributed by atoms with Gasteiger partial charge in [0.15, 0.2) is 0 Å². The van der Waals surface area contributed by atoms with Crippen molar-refractivity contribution in [3.63, 3.8) is 0 Å². The van der Waals surface area contributed by atoms with Crippen LogP contribution in [0.25, 0.3) is 10.6 Å². The van der Waals surface area contributed by atoms with Gasteiger partial charge in [0.25, 0.3) is 0 Å². The first-order valence-corrected chi connectivity index (χ1v) is 11.2. The molecule has 4 nitrogen and oxygen atoms in total. The van der Waals surface area contributed by atoms with Gasteiger partial charge < -0.3 is 9.84 Å². The lowest BCUT2D eigenvalue weighted by atomic mass is 9.98. The Morgan fingerprint density at radius 3 is 2.77 bits per heavy atom. The molecule has 0 radical (unpaired) electrons. The molecule has 0 amide bonds. The third-order valence-corrected chi connectivity index (χ3v) is 7.05. The molecule has 1 atom stereocenters. The maximum Gasteiger partial charge on any atom is 0.303 e. The Balaban J connectivity index is 1.39. The number of aromatic nitrogens is 1. The lowest BCUT2D eigenvalue weighted by Crippen LogP contribution is -2.04. The second-order valence-electron chi connectivity index (χ2n) is 8.11. The SMILES string of the molecule is Cc1ccc(-c2nc(CCOc3ccc4c(c3)CCC4CC(=O)O)c(C)s2)cc1C. The van der Waals surface area contributed by atoms with Crippen LogP contribution in [0, 0.1) is 20.8 Å². The Morgan fingerprint density at radius 2 is 2.00 bits per heavy atom. The molecule has 0 saturated heterocycles. The molecule has 1 aliphatic carbocycles. The van der Waals surface area contributed by atoms with Crippen molar-refractivity contribution in [2.45, 2.75) is 52.4 Å². The van der Waals surface area contributed by atoms with E-state index in [0.29, 0.717) is 6.61 Å². The lowest BCUT2D eigenvalue weighted by molar-refractivity contribution is -0.137. The van der Waals surface area contributed by atoms with Gasteiger partial charge in [-0.05, 0) is 80.0 Å². The molecule has 1 aromatic heterocycles. The summed E-state index contributed by atoms with van der Waals surface area (Å²) in [4.78, 5) is 17.1. The predicted octanol–water partition coefficient (Wildman–Crippen LogP) is 5.86. The number of carboxylic acids is 1. The normalized spacial score (nSPS) is 15.2. The van der Waals surface area contributed by atoms with E-state index in [0.717, 1.165) is 41.3 Å². The van der Waals surface area contributed by atoms with Gasteiger partial charge >= 0.3 is 5.97 Å². The molecule has 30 heavy (non-hydrogen) atoms. The summed E-state index contributed by atoms with van der Waals surface area (Å²) in [5, 5.41) is 10.1. The summed E-state index contributed by atoms with van der Waals surface area (Å²) < 4.78 is 6.00. The number of nitrogens with zero attached hydrogens (tertiary/aromatic N) is 1. The highest BCUT2D eigenvalue weighted by Crippen LogP contribution is 2.37. The Kier molecular flexibility index (Phi) is 5.91. The van der Waals surface area contributed by atoms with E-state index >= 15 is 0 Å². The third-order valence-electron chi connectivity index (χ3n) is 5.99. The van der Waals surface area contributed by atoms with E-state index in [1.54, 1.807) is 11.3 Å². The zero-order chi connectivity index (χ0) is 21.3. The minimum absolute atomic E-state index is 0.132. The molecule has 0 saturated carbocycles. The number of carbonyl (C=O) groups is 1. The lowest BCUT2D eigenvalue weighted by Gasteiger charge is -2.10. The van der Waals surface area contributed by atoms with Gasteiger partial charge in [-0.2, -0.15) is 0 Å². The average Bonchev–Trinajstić information content (AvgIpc) is 3.27. The first kappa shape index (κ1) is 20.6. The summed E-state index contributed by atoms with van der Waals surface area (Å²) in [6, 6.07) is 12.6. The van der Waals surface area contributed by atoms with Gasteiger partial charge in [0, 0.05) is 16.9 Å². The molecule has 156 valence electrons. The highest BCUT2D eigenvalue weighted by molar-refractivity contribution is 7.15. The van der Waals surface area contributed by atoms with Crippen molar-refractivity contribution in [3.8, 4) is 16.3 Å². The molecule has 3 aromatic rings. The van der Waals surface area contributed by atoms with Gasteiger partial charge in [-0.1, -0.05) is 18.2 Å². The summed E-state index contributed by atoms with van der Waals surface area (Å²) in [6.07, 6.45) is 2.81. The van der Waals surface area contributed by atoms with Gasteiger partial charge in [-0.15, -0.1) is 11.3 Å². The molecule has 0 bridgehead atoms. The Bertz CT molecular complexity index is 1090. The van der Waals surface area contributed by atoms with Crippen LogP contribution in [0.3, 0.4) is 0 Å². The third kappa shape index (κ3) is 4.41. The van der Waals surface area contributed by atoms with Crippen molar-refractivity contribution >= 4 is 17.3 Å². The first-order valence-electron chi connectivity index (χ1n) is 10.4. The number of hydrogen-bond acceptors (Lipinski definition) is 4. The molecule has 1 heterocycles. The molecular weight excluding hydrogens is 394 g/mol. The van der Waals surface area contributed by atoms with Crippen LogP contribution in [0.1, 0.15) is 51.6 Å². The molecule has 1 unspecified atom stereocenters. The maximum atomic E-state index is 11.0. The predicted molar refractivity (Wildman–Crippen MR) is 121 cm³/mol. The summed E-state index contributed by atoms with van der Waals surface area (Å²) >= 11 is 1.73. The van der Waals surface area contributed by atoms with Gasteiger partial charge in [0.1, 0.15) is 10.8 Å². The van der Waals surface area contributed by atoms with Crippen LogP contribution in [-0.2, 0) is 17.6 Å². The number of rotatable bonds is 7. The van der Waals surface area contributed by atoms with Crippen molar-refractivity contribution in [1.82, 2.24) is 4.98 Å². The van der Waals surface area contributed by atoms with Crippen LogP contribution in [0.5, 0.6) is 5.75 Å². The smallest absolute Gasteiger partial charge is 0.303 e. The fourth-order valence-corrected chi connectivity index (χ4v) is 5.07. The van der Waals surface area contributed by atoms with Gasteiger partial charge in [0.05, 0.1) is 18.7 Å². The topological polar surface area (TPSA) is 59.4 Å². The molecular formula is C25H27NO3S. The van der Waals surface area contributed by atoms with E-state index in [1.807, 2.05) is 12.1 Å². The number of fused-ring (bicyclic) bond motifs is 1. The molecule has 5 heteroatoms. The highest BCUT2D eigenvalue weighted by Gasteiger charge is 2.24. The summed E-state index contributed by atoms with van der Waals surface area (Å²) in [7, 11) is 0. The number of thiazole rings is 1. The van der Waals surface area contributed by atoms with Crippen molar-refractivity contribution in [1.29, 1.82) is 0 Å². The minimum atomic E-state index is -0.730. The Labute approximate surface area is 181 Å². The van der Waals surface area contributed by atoms with E-state index in [2.05, 4.69) is 45.0 Å². The number of hydrogen-bond donors (Lipinski definition) is 1. The zero-order valence-electron chi connectivity index (χ0n) is 17.7. The van der Waals surface area contributed by atoms with Gasteiger partial charge in [-0.3, -0.25) is 4.79 Å². The van der Waals surface area contributed by atoms with E-state index in [4.69, 9.17) is 14.8 Å².